The maximum Gasteiger partial charge on any atom is 0.193 e. The van der Waals surface area contributed by atoms with E-state index in [1.54, 1.807) is 0 Å². The molecule has 0 aromatic heterocycles. The molecule has 152 valence electrons. The molecular formula is C19H30ClIN4OS. The lowest BCUT2D eigenvalue weighted by Crippen LogP contribution is -2.55. The number of hydrogen-bond acceptors (Lipinski definition) is 4. The summed E-state index contributed by atoms with van der Waals surface area (Å²) in [5.41, 5.74) is 1.13. The molecular weight excluding hydrogens is 495 g/mol. The molecule has 0 radical (unpaired) electrons. The van der Waals surface area contributed by atoms with E-state index in [1.807, 2.05) is 37.0 Å². The third-order valence-electron chi connectivity index (χ3n) is 5.39. The number of thioether (sulfide) groups is 1. The van der Waals surface area contributed by atoms with Crippen LogP contribution in [0.2, 0.25) is 5.02 Å². The minimum absolute atomic E-state index is 0. The largest absolute Gasteiger partial charge is 0.381 e. The summed E-state index contributed by atoms with van der Waals surface area (Å²) in [5.74, 6) is 1.00. The number of rotatable bonds is 4. The molecule has 1 N–H and O–H groups in total. The lowest BCUT2D eigenvalue weighted by Gasteiger charge is -2.40. The smallest absolute Gasteiger partial charge is 0.193 e. The highest BCUT2D eigenvalue weighted by molar-refractivity contribution is 14.0. The Hall–Kier alpha value is -0.380. The number of piperazine rings is 1. The van der Waals surface area contributed by atoms with Gasteiger partial charge in [0.1, 0.15) is 0 Å². The molecule has 0 spiro atoms. The van der Waals surface area contributed by atoms with Crippen molar-refractivity contribution in [3.63, 3.8) is 0 Å². The van der Waals surface area contributed by atoms with Crippen LogP contribution in [0.1, 0.15) is 12.8 Å². The van der Waals surface area contributed by atoms with Crippen LogP contribution in [-0.2, 0) is 4.74 Å². The van der Waals surface area contributed by atoms with Gasteiger partial charge in [-0.25, -0.2) is 0 Å². The molecule has 0 aliphatic carbocycles. The van der Waals surface area contributed by atoms with Gasteiger partial charge >= 0.3 is 0 Å². The van der Waals surface area contributed by atoms with Gasteiger partial charge in [-0.2, -0.15) is 11.8 Å². The SMILES string of the molecule is CN=C(NCC1(SC)CCOCC1)N1CCN(c2ccccc2Cl)CC1.I. The lowest BCUT2D eigenvalue weighted by atomic mass is 9.99. The first-order valence-corrected chi connectivity index (χ1v) is 10.9. The van der Waals surface area contributed by atoms with Crippen molar-refractivity contribution in [3.05, 3.63) is 29.3 Å². The highest BCUT2D eigenvalue weighted by atomic mass is 127. The van der Waals surface area contributed by atoms with Crippen molar-refractivity contribution < 1.29 is 4.74 Å². The maximum atomic E-state index is 6.35. The van der Waals surface area contributed by atoms with Gasteiger partial charge in [-0.3, -0.25) is 4.99 Å². The number of nitrogens with zero attached hydrogens (tertiary/aromatic N) is 3. The average molecular weight is 525 g/mol. The van der Waals surface area contributed by atoms with Crippen LogP contribution in [-0.4, -0.2) is 74.8 Å². The zero-order chi connectivity index (χ0) is 18.4. The molecule has 0 amide bonds. The van der Waals surface area contributed by atoms with Crippen LogP contribution in [0.3, 0.4) is 0 Å². The summed E-state index contributed by atoms with van der Waals surface area (Å²) >= 11 is 8.30. The fourth-order valence-corrected chi connectivity index (χ4v) is 4.68. The first-order valence-electron chi connectivity index (χ1n) is 9.25. The molecule has 0 atom stereocenters. The summed E-state index contributed by atoms with van der Waals surface area (Å²) in [6.07, 6.45) is 4.40. The average Bonchev–Trinajstić information content (AvgIpc) is 2.70. The number of guanidine groups is 1. The van der Waals surface area contributed by atoms with Gasteiger partial charge in [0, 0.05) is 57.7 Å². The van der Waals surface area contributed by atoms with E-state index in [2.05, 4.69) is 32.4 Å². The van der Waals surface area contributed by atoms with Crippen LogP contribution in [0.25, 0.3) is 0 Å². The molecule has 2 aliphatic rings. The molecule has 0 unspecified atom stereocenters. The van der Waals surface area contributed by atoms with Crippen LogP contribution in [0.15, 0.2) is 29.3 Å². The number of nitrogens with one attached hydrogen (secondary N) is 1. The van der Waals surface area contributed by atoms with Crippen molar-refractivity contribution in [2.75, 3.05) is 64.1 Å². The zero-order valence-electron chi connectivity index (χ0n) is 16.1. The summed E-state index contributed by atoms with van der Waals surface area (Å²) in [7, 11) is 1.87. The van der Waals surface area contributed by atoms with Gasteiger partial charge in [-0.15, -0.1) is 24.0 Å². The molecule has 1 aromatic carbocycles. The predicted molar refractivity (Wildman–Crippen MR) is 128 cm³/mol. The maximum absolute atomic E-state index is 6.35. The second-order valence-electron chi connectivity index (χ2n) is 6.83. The summed E-state index contributed by atoms with van der Waals surface area (Å²) in [4.78, 5) is 9.23. The van der Waals surface area contributed by atoms with Crippen molar-refractivity contribution in [2.45, 2.75) is 17.6 Å². The van der Waals surface area contributed by atoms with Crippen LogP contribution in [0, 0.1) is 0 Å². The van der Waals surface area contributed by atoms with E-state index in [1.165, 1.54) is 0 Å². The van der Waals surface area contributed by atoms with Crippen molar-refractivity contribution in [3.8, 4) is 0 Å². The lowest BCUT2D eigenvalue weighted by molar-refractivity contribution is 0.0781. The Kier molecular flexibility index (Phi) is 9.31. The first kappa shape index (κ1) is 22.9. The molecule has 5 nitrogen and oxygen atoms in total. The third kappa shape index (κ3) is 5.81. The standard InChI is InChI=1S/C19H29ClN4OS.HI/c1-21-18(22-15-19(26-2)7-13-25-14-8-19)24-11-9-23(10-12-24)17-6-4-3-5-16(17)20;/h3-6H,7-15H2,1-2H3,(H,21,22);1H. The second-order valence-corrected chi connectivity index (χ2v) is 8.51. The summed E-state index contributed by atoms with van der Waals surface area (Å²) in [6, 6.07) is 8.08. The van der Waals surface area contributed by atoms with Crippen LogP contribution >= 0.6 is 47.3 Å². The molecule has 0 saturated carbocycles. The van der Waals surface area contributed by atoms with E-state index >= 15 is 0 Å². The Balaban J connectivity index is 0.00000261. The quantitative estimate of drug-likeness (QED) is 0.370. The van der Waals surface area contributed by atoms with Crippen LogP contribution in [0.4, 0.5) is 5.69 Å². The van der Waals surface area contributed by atoms with Crippen molar-refractivity contribution in [1.29, 1.82) is 0 Å². The van der Waals surface area contributed by atoms with Gasteiger partial charge in [0.15, 0.2) is 5.96 Å². The number of aliphatic imine (C=N–C) groups is 1. The fourth-order valence-electron chi connectivity index (χ4n) is 3.64. The van der Waals surface area contributed by atoms with Gasteiger partial charge in [-0.1, -0.05) is 23.7 Å². The van der Waals surface area contributed by atoms with E-state index < -0.39 is 0 Å². The monoisotopic (exact) mass is 524 g/mol. The van der Waals surface area contributed by atoms with Crippen molar-refractivity contribution in [1.82, 2.24) is 10.2 Å². The van der Waals surface area contributed by atoms with E-state index in [0.29, 0.717) is 0 Å². The molecule has 8 heteroatoms. The summed E-state index contributed by atoms with van der Waals surface area (Å²) in [5, 5.41) is 4.45. The first-order chi connectivity index (χ1) is 12.7. The Bertz CT molecular complexity index is 619. The molecule has 27 heavy (non-hydrogen) atoms. The highest BCUT2D eigenvalue weighted by Crippen LogP contribution is 2.33. The summed E-state index contributed by atoms with van der Waals surface area (Å²) < 4.78 is 5.80. The topological polar surface area (TPSA) is 40.1 Å². The third-order valence-corrected chi connectivity index (χ3v) is 7.13. The second kappa shape index (κ2) is 11.0. The van der Waals surface area contributed by atoms with Crippen molar-refractivity contribution >= 4 is 59.0 Å². The molecule has 2 aliphatic heterocycles. The molecule has 1 aromatic rings. The number of hydrogen-bond donors (Lipinski definition) is 1. The highest BCUT2D eigenvalue weighted by Gasteiger charge is 2.32. The fraction of sp³-hybridized carbons (Fsp3) is 0.632. The number of halogens is 2. The van der Waals surface area contributed by atoms with E-state index in [-0.39, 0.29) is 28.7 Å². The van der Waals surface area contributed by atoms with Crippen LogP contribution < -0.4 is 10.2 Å². The minimum atomic E-state index is 0. The predicted octanol–water partition coefficient (Wildman–Crippen LogP) is 3.57. The number of benzene rings is 1. The summed E-state index contributed by atoms with van der Waals surface area (Å²) in [6.45, 7) is 6.45. The molecule has 2 heterocycles. The van der Waals surface area contributed by atoms with Gasteiger partial charge < -0.3 is 19.9 Å². The molecule has 0 bridgehead atoms. The van der Waals surface area contributed by atoms with E-state index in [9.17, 15) is 0 Å². The number of anilines is 1. The Morgan fingerprint density at radius 1 is 1.22 bits per heavy atom. The van der Waals surface area contributed by atoms with Gasteiger partial charge in [0.2, 0.25) is 0 Å². The Labute approximate surface area is 189 Å². The van der Waals surface area contributed by atoms with Gasteiger partial charge in [-0.05, 0) is 31.2 Å². The molecule has 2 saturated heterocycles. The Morgan fingerprint density at radius 3 is 2.48 bits per heavy atom. The van der Waals surface area contributed by atoms with Crippen molar-refractivity contribution in [2.24, 2.45) is 4.99 Å². The van der Waals surface area contributed by atoms with Crippen LogP contribution in [0.5, 0.6) is 0 Å². The van der Waals surface area contributed by atoms with Gasteiger partial charge in [0.25, 0.3) is 0 Å². The van der Waals surface area contributed by atoms with Gasteiger partial charge in [0.05, 0.1) is 10.7 Å². The van der Waals surface area contributed by atoms with E-state index in [0.717, 1.165) is 75.4 Å². The zero-order valence-corrected chi connectivity index (χ0v) is 20.0. The number of ether oxygens (including phenoxy) is 1. The number of para-hydroxylation sites is 1. The minimum Gasteiger partial charge on any atom is -0.381 e. The van der Waals surface area contributed by atoms with E-state index in [4.69, 9.17) is 16.3 Å². The molecule has 3 rings (SSSR count). The Morgan fingerprint density at radius 2 is 1.89 bits per heavy atom. The normalized spacial score (nSPS) is 20.2. The molecule has 2 fully saturated rings.